The number of hydrogen-bond acceptors (Lipinski definition) is 13. The van der Waals surface area contributed by atoms with E-state index < -0.39 is 86.8 Å². The van der Waals surface area contributed by atoms with Crippen molar-refractivity contribution in [3.8, 4) is 0 Å². The zero-order valence-electron chi connectivity index (χ0n) is 38.3. The molecule has 2 aliphatic rings. The molecular weight excluding hydrogens is 811 g/mol. The molecule has 14 nitrogen and oxygen atoms in total. The van der Waals surface area contributed by atoms with Crippen LogP contribution in [0.3, 0.4) is 0 Å². The number of hydrogen-bond donors (Lipinski definition) is 9. The average Bonchev–Trinajstić information content (AvgIpc) is 3.28. The Kier molecular flexibility index (Phi) is 32.4. The zero-order valence-corrected chi connectivity index (χ0v) is 38.3. The maximum Gasteiger partial charge on any atom is 0.220 e. The highest BCUT2D eigenvalue weighted by Crippen LogP contribution is 2.30. The van der Waals surface area contributed by atoms with Crippen molar-refractivity contribution in [2.45, 2.75) is 222 Å². The fourth-order valence-corrected chi connectivity index (χ4v) is 7.48. The van der Waals surface area contributed by atoms with Crippen LogP contribution in [-0.4, -0.2) is 140 Å². The van der Waals surface area contributed by atoms with Gasteiger partial charge in [-0.15, -0.1) is 0 Å². The Morgan fingerprint density at radius 2 is 1.11 bits per heavy atom. The molecule has 2 rings (SSSR count). The van der Waals surface area contributed by atoms with E-state index in [1.54, 1.807) is 6.08 Å². The molecule has 0 aromatic heterocycles. The lowest BCUT2D eigenvalue weighted by Crippen LogP contribution is -2.65. The number of unbranched alkanes of at least 4 members (excludes halogenated alkanes) is 14. The Bertz CT molecular complexity index is 1290. The van der Waals surface area contributed by atoms with Gasteiger partial charge in [-0.05, 0) is 70.6 Å². The third kappa shape index (κ3) is 23.6. The van der Waals surface area contributed by atoms with E-state index in [1.807, 2.05) is 6.08 Å². The van der Waals surface area contributed by atoms with Gasteiger partial charge in [0.05, 0.1) is 32.0 Å². The van der Waals surface area contributed by atoms with Gasteiger partial charge in [0.15, 0.2) is 12.6 Å². The summed E-state index contributed by atoms with van der Waals surface area (Å²) in [4.78, 5) is 13.1. The molecule has 2 heterocycles. The standard InChI is InChI=1S/C49H85NO13/c1-3-5-7-9-11-13-15-16-17-18-19-20-21-22-23-25-27-29-31-33-41(54)50-37(38(53)32-30-28-26-24-14-12-10-8-6-4-2)36-60-48-46(59)44(57)47(40(35-52)62-48)63-49-45(58)43(56)42(55)39(34-51)61-49/h6,8,11,13-14,16-17,24,30,32,37-40,42-49,51-53,55-59H,3-5,7,9-10,12,15,18-23,25-29,31,33-36H2,1-2H3,(H,50,54)/b8-6+,13-11-,17-16-,24-14+,32-30+. The summed E-state index contributed by atoms with van der Waals surface area (Å²) in [6.07, 6.45) is 25.6. The summed E-state index contributed by atoms with van der Waals surface area (Å²) >= 11 is 0. The minimum absolute atomic E-state index is 0.262. The normalized spacial score (nSPS) is 28.0. The third-order valence-corrected chi connectivity index (χ3v) is 11.4. The Balaban J connectivity index is 1.84. The van der Waals surface area contributed by atoms with Crippen LogP contribution in [0.15, 0.2) is 60.8 Å². The van der Waals surface area contributed by atoms with Crippen molar-refractivity contribution in [2.75, 3.05) is 19.8 Å². The largest absolute Gasteiger partial charge is 0.394 e. The highest BCUT2D eigenvalue weighted by atomic mass is 16.7. The summed E-state index contributed by atoms with van der Waals surface area (Å²) in [5, 5.41) is 86.4. The number of nitrogens with one attached hydrogen (secondary N) is 1. The van der Waals surface area contributed by atoms with Crippen LogP contribution in [-0.2, 0) is 23.7 Å². The second kappa shape index (κ2) is 35.9. The lowest BCUT2D eigenvalue weighted by Gasteiger charge is -2.46. The van der Waals surface area contributed by atoms with E-state index in [2.05, 4.69) is 67.8 Å². The molecule has 0 saturated carbocycles. The van der Waals surface area contributed by atoms with Crippen LogP contribution in [0.4, 0.5) is 0 Å². The molecule has 12 unspecified atom stereocenters. The van der Waals surface area contributed by atoms with Crippen molar-refractivity contribution in [3.63, 3.8) is 0 Å². The maximum atomic E-state index is 13.1. The minimum Gasteiger partial charge on any atom is -0.394 e. The van der Waals surface area contributed by atoms with Gasteiger partial charge in [-0.3, -0.25) is 4.79 Å². The number of ether oxygens (including phenoxy) is 4. The summed E-state index contributed by atoms with van der Waals surface area (Å²) in [6, 6.07) is -0.939. The molecule has 0 aromatic rings. The fraction of sp³-hybridized carbons (Fsp3) is 0.776. The molecule has 0 spiro atoms. The van der Waals surface area contributed by atoms with Crippen LogP contribution < -0.4 is 5.32 Å². The van der Waals surface area contributed by atoms with Crippen LogP contribution in [0, 0.1) is 0 Å². The van der Waals surface area contributed by atoms with E-state index in [4.69, 9.17) is 18.9 Å². The summed E-state index contributed by atoms with van der Waals surface area (Å²) in [5.74, 6) is -0.264. The Labute approximate surface area is 377 Å². The van der Waals surface area contributed by atoms with Crippen molar-refractivity contribution in [1.82, 2.24) is 5.32 Å². The molecule has 2 aliphatic heterocycles. The molecule has 364 valence electrons. The van der Waals surface area contributed by atoms with Crippen LogP contribution in [0.2, 0.25) is 0 Å². The van der Waals surface area contributed by atoms with Gasteiger partial charge in [-0.1, -0.05) is 132 Å². The smallest absolute Gasteiger partial charge is 0.220 e. The molecule has 2 saturated heterocycles. The summed E-state index contributed by atoms with van der Waals surface area (Å²) in [6.45, 7) is 2.58. The molecule has 63 heavy (non-hydrogen) atoms. The number of amides is 1. The number of aliphatic hydroxyl groups is 8. The lowest BCUT2D eigenvalue weighted by molar-refractivity contribution is -0.359. The first-order valence-electron chi connectivity index (χ1n) is 24.0. The van der Waals surface area contributed by atoms with Crippen molar-refractivity contribution in [1.29, 1.82) is 0 Å². The first-order valence-corrected chi connectivity index (χ1v) is 24.0. The number of carbonyl (C=O) groups excluding carboxylic acids is 1. The summed E-state index contributed by atoms with van der Waals surface area (Å²) in [7, 11) is 0. The van der Waals surface area contributed by atoms with Gasteiger partial charge in [-0.25, -0.2) is 0 Å². The lowest BCUT2D eigenvalue weighted by atomic mass is 9.97. The molecular formula is C49H85NO13. The van der Waals surface area contributed by atoms with E-state index in [1.165, 1.54) is 57.8 Å². The number of aliphatic hydroxyl groups excluding tert-OH is 8. The topological polar surface area (TPSA) is 228 Å². The molecule has 2 fully saturated rings. The van der Waals surface area contributed by atoms with E-state index >= 15 is 0 Å². The Hall–Kier alpha value is -2.31. The molecule has 0 aromatic carbocycles. The Morgan fingerprint density at radius 1 is 0.587 bits per heavy atom. The monoisotopic (exact) mass is 896 g/mol. The molecule has 1 amide bonds. The second-order valence-electron chi connectivity index (χ2n) is 16.8. The molecule has 14 heteroatoms. The van der Waals surface area contributed by atoms with Crippen molar-refractivity contribution < 1.29 is 64.6 Å². The highest BCUT2D eigenvalue weighted by Gasteiger charge is 2.51. The van der Waals surface area contributed by atoms with Crippen molar-refractivity contribution >= 4 is 5.91 Å². The quantitative estimate of drug-likeness (QED) is 0.0284. The van der Waals surface area contributed by atoms with Crippen molar-refractivity contribution in [3.05, 3.63) is 60.8 Å². The van der Waals surface area contributed by atoms with E-state index in [9.17, 15) is 45.6 Å². The predicted octanol–water partition coefficient (Wildman–Crippen LogP) is 5.49. The predicted molar refractivity (Wildman–Crippen MR) is 244 cm³/mol. The van der Waals surface area contributed by atoms with Crippen molar-refractivity contribution in [2.24, 2.45) is 0 Å². The van der Waals surface area contributed by atoms with Gasteiger partial charge in [0.1, 0.15) is 48.8 Å². The summed E-state index contributed by atoms with van der Waals surface area (Å²) < 4.78 is 22.6. The minimum atomic E-state index is -1.79. The number of allylic oxidation sites excluding steroid dienone is 9. The molecule has 12 atom stereocenters. The average molecular weight is 896 g/mol. The highest BCUT2D eigenvalue weighted by molar-refractivity contribution is 5.76. The molecule has 0 bridgehead atoms. The Morgan fingerprint density at radius 3 is 1.71 bits per heavy atom. The van der Waals surface area contributed by atoms with Gasteiger partial charge in [0.25, 0.3) is 0 Å². The fourth-order valence-electron chi connectivity index (χ4n) is 7.48. The van der Waals surface area contributed by atoms with E-state index in [0.717, 1.165) is 57.8 Å². The number of carbonyl (C=O) groups is 1. The molecule has 0 aliphatic carbocycles. The van der Waals surface area contributed by atoms with Gasteiger partial charge < -0.3 is 65.1 Å². The molecule has 9 N–H and O–H groups in total. The maximum absolute atomic E-state index is 13.1. The first kappa shape index (κ1) is 56.8. The van der Waals surface area contributed by atoms with Crippen LogP contribution in [0.25, 0.3) is 0 Å². The number of rotatable bonds is 35. The van der Waals surface area contributed by atoms with Gasteiger partial charge in [0, 0.05) is 6.42 Å². The molecule has 0 radical (unpaired) electrons. The second-order valence-corrected chi connectivity index (χ2v) is 16.8. The van der Waals surface area contributed by atoms with E-state index in [-0.39, 0.29) is 18.9 Å². The van der Waals surface area contributed by atoms with Gasteiger partial charge >= 0.3 is 0 Å². The van der Waals surface area contributed by atoms with Gasteiger partial charge in [0.2, 0.25) is 5.91 Å². The van der Waals surface area contributed by atoms with E-state index in [0.29, 0.717) is 12.8 Å². The SMILES string of the molecule is CC/C=C/CC/C=C/CC/C=C/C(O)C(COC1OC(CO)C(OC2OC(CO)C(O)C(O)C2O)C(O)C1O)NC(=O)CCCCCCCCCCC/C=C\C/C=C\CCCCC. The van der Waals surface area contributed by atoms with Crippen LogP contribution >= 0.6 is 0 Å². The summed E-state index contributed by atoms with van der Waals surface area (Å²) in [5.41, 5.74) is 0. The first-order chi connectivity index (χ1) is 30.6. The zero-order chi connectivity index (χ0) is 46.1. The van der Waals surface area contributed by atoms with Gasteiger partial charge in [-0.2, -0.15) is 0 Å². The van der Waals surface area contributed by atoms with Crippen LogP contribution in [0.5, 0.6) is 0 Å². The third-order valence-electron chi connectivity index (χ3n) is 11.4. The van der Waals surface area contributed by atoms with Crippen LogP contribution in [0.1, 0.15) is 149 Å².